The zero-order valence-electron chi connectivity index (χ0n) is 17.0. The van der Waals surface area contributed by atoms with Crippen molar-refractivity contribution in [1.82, 2.24) is 9.55 Å². The Morgan fingerprint density at radius 3 is 2.67 bits per heavy atom. The molecule has 4 rings (SSSR count). The highest BCUT2D eigenvalue weighted by atomic mass is 79.9. The van der Waals surface area contributed by atoms with E-state index in [1.54, 1.807) is 6.92 Å². The van der Waals surface area contributed by atoms with Crippen LogP contribution in [-0.4, -0.2) is 22.0 Å². The van der Waals surface area contributed by atoms with Crippen LogP contribution >= 0.6 is 15.9 Å². The first kappa shape index (κ1) is 20.3. The summed E-state index contributed by atoms with van der Waals surface area (Å²) in [5.41, 5.74) is 4.72. The summed E-state index contributed by atoms with van der Waals surface area (Å²) in [6.07, 6.45) is 0.877. The lowest BCUT2D eigenvalue weighted by Crippen LogP contribution is -2.38. The Balaban J connectivity index is 1.61. The average Bonchev–Trinajstić information content (AvgIpc) is 2.71. The highest BCUT2D eigenvalue weighted by molar-refractivity contribution is 9.10. The number of hydrogen-bond donors (Lipinski definition) is 1. The molecule has 0 saturated carbocycles. The largest absolute Gasteiger partial charge is 0.337 e. The molecular weight excluding hydrogens is 444 g/mol. The monoisotopic (exact) mass is 466 g/mol. The lowest BCUT2D eigenvalue weighted by Gasteiger charge is -2.31. The number of benzene rings is 2. The van der Waals surface area contributed by atoms with Gasteiger partial charge < -0.3 is 10.2 Å². The van der Waals surface area contributed by atoms with Gasteiger partial charge in [-0.1, -0.05) is 30.3 Å². The van der Waals surface area contributed by atoms with Crippen LogP contribution in [0.1, 0.15) is 22.4 Å². The Bertz CT molecular complexity index is 1170. The molecule has 30 heavy (non-hydrogen) atoms. The third-order valence-electron chi connectivity index (χ3n) is 5.23. The van der Waals surface area contributed by atoms with Crippen LogP contribution in [0.15, 0.2) is 57.8 Å². The molecule has 1 aromatic heterocycles. The van der Waals surface area contributed by atoms with Crippen molar-refractivity contribution in [2.45, 2.75) is 33.4 Å². The van der Waals surface area contributed by atoms with Crippen molar-refractivity contribution in [1.29, 1.82) is 0 Å². The molecular formula is C23H23BrN4O2. The van der Waals surface area contributed by atoms with E-state index in [9.17, 15) is 9.59 Å². The second kappa shape index (κ2) is 8.44. The van der Waals surface area contributed by atoms with Crippen molar-refractivity contribution in [3.8, 4) is 0 Å². The van der Waals surface area contributed by atoms with E-state index in [1.807, 2.05) is 37.3 Å². The van der Waals surface area contributed by atoms with E-state index in [-0.39, 0.29) is 18.0 Å². The first-order chi connectivity index (χ1) is 14.4. The van der Waals surface area contributed by atoms with Crippen molar-refractivity contribution >= 4 is 33.5 Å². The fraction of sp³-hybridized carbons (Fsp3) is 0.261. The van der Waals surface area contributed by atoms with E-state index in [0.717, 1.165) is 23.0 Å². The molecule has 1 aliphatic rings. The maximum Gasteiger partial charge on any atom is 0.255 e. The first-order valence-electron chi connectivity index (χ1n) is 9.87. The molecule has 2 aromatic carbocycles. The number of aryl methyl sites for hydroxylation is 2. The number of halogens is 1. The summed E-state index contributed by atoms with van der Waals surface area (Å²) in [7, 11) is 0. The molecule has 0 spiro atoms. The number of anilines is 2. The lowest BCUT2D eigenvalue weighted by atomic mass is 10.0. The van der Waals surface area contributed by atoms with Gasteiger partial charge in [-0.2, -0.15) is 0 Å². The van der Waals surface area contributed by atoms with Crippen LogP contribution in [0.25, 0.3) is 0 Å². The van der Waals surface area contributed by atoms with Gasteiger partial charge >= 0.3 is 0 Å². The maximum absolute atomic E-state index is 12.8. The van der Waals surface area contributed by atoms with Gasteiger partial charge in [0.2, 0.25) is 11.9 Å². The van der Waals surface area contributed by atoms with Gasteiger partial charge in [-0.3, -0.25) is 14.2 Å². The van der Waals surface area contributed by atoms with Gasteiger partial charge in [0.1, 0.15) is 6.54 Å². The fourth-order valence-electron chi connectivity index (χ4n) is 3.72. The number of amides is 1. The second-order valence-corrected chi connectivity index (χ2v) is 8.45. The Morgan fingerprint density at radius 1 is 1.13 bits per heavy atom. The molecule has 154 valence electrons. The molecule has 0 saturated heterocycles. The van der Waals surface area contributed by atoms with Gasteiger partial charge in [-0.05, 0) is 65.0 Å². The quantitative estimate of drug-likeness (QED) is 0.634. The number of nitrogens with zero attached hydrogens (tertiary/aromatic N) is 3. The van der Waals surface area contributed by atoms with Crippen LogP contribution in [0.4, 0.5) is 11.6 Å². The number of hydrogen-bond acceptors (Lipinski definition) is 4. The minimum atomic E-state index is -0.272. The molecule has 1 aliphatic heterocycles. The number of aromatic nitrogens is 2. The topological polar surface area (TPSA) is 67.2 Å². The second-order valence-electron chi connectivity index (χ2n) is 7.59. The van der Waals surface area contributed by atoms with Crippen molar-refractivity contribution in [2.75, 3.05) is 16.8 Å². The number of carbonyl (C=O) groups is 1. The average molecular weight is 467 g/mol. The van der Waals surface area contributed by atoms with E-state index in [1.165, 1.54) is 21.8 Å². The minimum absolute atomic E-state index is 0.0973. The Morgan fingerprint density at radius 2 is 1.90 bits per heavy atom. The molecule has 0 fully saturated rings. The van der Waals surface area contributed by atoms with E-state index in [4.69, 9.17) is 0 Å². The summed E-state index contributed by atoms with van der Waals surface area (Å²) < 4.78 is 2.26. The zero-order valence-corrected chi connectivity index (χ0v) is 18.6. The predicted octanol–water partition coefficient (Wildman–Crippen LogP) is 3.82. The van der Waals surface area contributed by atoms with Gasteiger partial charge in [0.15, 0.2) is 0 Å². The standard InChI is InChI=1S/C23H23BrN4O2/c1-15-7-8-20(19(24)11-15)26-21(29)14-28-22(30)12-16(2)25-23(28)27-10-9-17-5-3-4-6-18(17)13-27/h3-8,11-12H,9-10,13-14H2,1-2H3,(H,26,29). The lowest BCUT2D eigenvalue weighted by molar-refractivity contribution is -0.116. The Kier molecular flexibility index (Phi) is 5.72. The van der Waals surface area contributed by atoms with E-state index in [0.29, 0.717) is 23.9 Å². The molecule has 6 nitrogen and oxygen atoms in total. The third-order valence-corrected chi connectivity index (χ3v) is 5.89. The van der Waals surface area contributed by atoms with Crippen LogP contribution in [0, 0.1) is 13.8 Å². The normalized spacial score (nSPS) is 13.1. The zero-order chi connectivity index (χ0) is 21.3. The van der Waals surface area contributed by atoms with Crippen LogP contribution in [0.2, 0.25) is 0 Å². The molecule has 3 aromatic rings. The SMILES string of the molecule is Cc1ccc(NC(=O)Cn2c(N3CCc4ccccc4C3)nc(C)cc2=O)c(Br)c1. The van der Waals surface area contributed by atoms with E-state index >= 15 is 0 Å². The van der Waals surface area contributed by atoms with Gasteiger partial charge in [0, 0.05) is 29.3 Å². The summed E-state index contributed by atoms with van der Waals surface area (Å²) in [6, 6.07) is 15.5. The summed E-state index contributed by atoms with van der Waals surface area (Å²) in [4.78, 5) is 32.2. The molecule has 0 atom stereocenters. The van der Waals surface area contributed by atoms with Crippen molar-refractivity contribution in [2.24, 2.45) is 0 Å². The van der Waals surface area contributed by atoms with Crippen molar-refractivity contribution in [3.63, 3.8) is 0 Å². The Hall–Kier alpha value is -2.93. The molecule has 7 heteroatoms. The summed E-state index contributed by atoms with van der Waals surface area (Å²) >= 11 is 3.47. The molecule has 1 amide bonds. The highest BCUT2D eigenvalue weighted by Gasteiger charge is 2.22. The number of fused-ring (bicyclic) bond motifs is 1. The van der Waals surface area contributed by atoms with Gasteiger partial charge in [-0.15, -0.1) is 0 Å². The smallest absolute Gasteiger partial charge is 0.255 e. The third kappa shape index (κ3) is 4.31. The molecule has 0 unspecified atom stereocenters. The van der Waals surface area contributed by atoms with Crippen LogP contribution in [0.5, 0.6) is 0 Å². The van der Waals surface area contributed by atoms with Gasteiger partial charge in [0.25, 0.3) is 5.56 Å². The minimum Gasteiger partial charge on any atom is -0.337 e. The number of rotatable bonds is 4. The summed E-state index contributed by atoms with van der Waals surface area (Å²) in [5, 5.41) is 2.88. The highest BCUT2D eigenvalue weighted by Crippen LogP contribution is 2.24. The predicted molar refractivity (Wildman–Crippen MR) is 122 cm³/mol. The van der Waals surface area contributed by atoms with Gasteiger partial charge in [-0.25, -0.2) is 4.98 Å². The fourth-order valence-corrected chi connectivity index (χ4v) is 4.31. The number of nitrogens with one attached hydrogen (secondary N) is 1. The van der Waals surface area contributed by atoms with Crippen LogP contribution < -0.4 is 15.8 Å². The van der Waals surface area contributed by atoms with E-state index in [2.05, 4.69) is 43.3 Å². The Labute approximate surface area is 183 Å². The van der Waals surface area contributed by atoms with E-state index < -0.39 is 0 Å². The number of carbonyl (C=O) groups excluding carboxylic acids is 1. The van der Waals surface area contributed by atoms with Crippen molar-refractivity contribution in [3.05, 3.63) is 85.7 Å². The van der Waals surface area contributed by atoms with Crippen LogP contribution in [0.3, 0.4) is 0 Å². The maximum atomic E-state index is 12.8. The van der Waals surface area contributed by atoms with Gasteiger partial charge in [0.05, 0.1) is 5.69 Å². The molecule has 0 radical (unpaired) electrons. The van der Waals surface area contributed by atoms with Crippen molar-refractivity contribution < 1.29 is 4.79 Å². The molecule has 1 N–H and O–H groups in total. The summed E-state index contributed by atoms with van der Waals surface area (Å²) in [6.45, 7) is 5.10. The first-order valence-corrected chi connectivity index (χ1v) is 10.7. The summed E-state index contributed by atoms with van der Waals surface area (Å²) in [5.74, 6) is 0.263. The molecule has 2 heterocycles. The molecule has 0 bridgehead atoms. The molecule has 0 aliphatic carbocycles. The van der Waals surface area contributed by atoms with Crippen LogP contribution in [-0.2, 0) is 24.3 Å².